The number of ketones is 1. The van der Waals surface area contributed by atoms with Gasteiger partial charge < -0.3 is 10.0 Å². The van der Waals surface area contributed by atoms with E-state index in [1.54, 1.807) is 36.7 Å². The molecule has 0 unspecified atom stereocenters. The van der Waals surface area contributed by atoms with E-state index in [1.165, 1.54) is 11.1 Å². The number of carbonyl (C=O) groups excluding carboxylic acids is 2. The number of aliphatic carboxylic acids is 1. The lowest BCUT2D eigenvalue weighted by Gasteiger charge is -2.44. The lowest BCUT2D eigenvalue weighted by molar-refractivity contribution is -0.150. The maximum atomic E-state index is 15.7. The molecule has 3 fully saturated rings. The van der Waals surface area contributed by atoms with Crippen molar-refractivity contribution in [2.45, 2.75) is 76.9 Å². The Bertz CT molecular complexity index is 1270. The third kappa shape index (κ3) is 4.97. The molecule has 3 aliphatic carbocycles. The Kier molecular flexibility index (Phi) is 6.87. The maximum absolute atomic E-state index is 15.7. The van der Waals surface area contributed by atoms with Crippen LogP contribution < -0.4 is 0 Å². The number of hydrogen-bond acceptors (Lipinski definition) is 4. The molecule has 0 aliphatic heterocycles. The average Bonchev–Trinajstić information content (AvgIpc) is 3.51. The molecule has 0 bridgehead atoms. The number of benzene rings is 1. The lowest BCUT2D eigenvalue weighted by atomic mass is 9.69. The summed E-state index contributed by atoms with van der Waals surface area (Å²) in [6, 6.07) is 4.71. The third-order valence-corrected chi connectivity index (χ3v) is 9.50. The van der Waals surface area contributed by atoms with Gasteiger partial charge in [0, 0.05) is 5.69 Å². The maximum Gasteiger partial charge on any atom is 0.309 e. The van der Waals surface area contributed by atoms with E-state index in [2.05, 4.69) is 5.10 Å². The molecular weight excluding hydrogens is 532 g/mol. The number of carbonyl (C=O) groups is 3. The molecule has 0 radical (unpaired) electrons. The Morgan fingerprint density at radius 1 is 1.13 bits per heavy atom. The van der Waals surface area contributed by atoms with Crippen LogP contribution in [-0.2, 0) is 4.79 Å². The van der Waals surface area contributed by atoms with E-state index in [9.17, 15) is 19.5 Å². The van der Waals surface area contributed by atoms with Crippen LogP contribution in [0.5, 0.6) is 0 Å². The second kappa shape index (κ2) is 9.63. The predicted octanol–water partition coefficient (Wildman–Crippen LogP) is 6.31. The van der Waals surface area contributed by atoms with E-state index in [-0.39, 0.29) is 40.2 Å². The molecule has 204 valence electrons. The number of aromatic nitrogens is 2. The molecule has 2 aromatic rings. The molecule has 7 nitrogen and oxygen atoms in total. The van der Waals surface area contributed by atoms with Gasteiger partial charge in [0.25, 0.3) is 5.91 Å². The summed E-state index contributed by atoms with van der Waals surface area (Å²) in [5.74, 6) is -1.72. The number of amides is 1. The van der Waals surface area contributed by atoms with E-state index in [0.717, 1.165) is 12.8 Å². The highest BCUT2D eigenvalue weighted by Gasteiger charge is 2.62. The van der Waals surface area contributed by atoms with Crippen molar-refractivity contribution in [3.8, 4) is 0 Å². The Labute approximate surface area is 231 Å². The van der Waals surface area contributed by atoms with Crippen LogP contribution in [0.4, 0.5) is 4.39 Å². The van der Waals surface area contributed by atoms with Crippen LogP contribution in [0.15, 0.2) is 24.4 Å². The first-order valence-corrected chi connectivity index (χ1v) is 13.8. The number of carboxylic acid groups (broad SMARTS) is 1. The SMILES string of the molecule is Cc1c(C(=O)N(CC(=O)c2c(Cl)cccc2Cl)CC2(F)CC3(CC3)C2)cnn1[C@H]1CC[C@](C)(C(=O)O)CC1. The minimum atomic E-state index is -1.54. The fourth-order valence-corrected chi connectivity index (χ4v) is 6.97. The van der Waals surface area contributed by atoms with Crippen molar-refractivity contribution in [2.24, 2.45) is 10.8 Å². The minimum absolute atomic E-state index is 0.0325. The molecular formula is C28H32Cl2FN3O4. The highest BCUT2D eigenvalue weighted by atomic mass is 35.5. The van der Waals surface area contributed by atoms with Crippen LogP contribution in [0.1, 0.15) is 90.7 Å². The van der Waals surface area contributed by atoms with E-state index >= 15 is 4.39 Å². The third-order valence-electron chi connectivity index (χ3n) is 8.87. The van der Waals surface area contributed by atoms with Gasteiger partial charge in [-0.1, -0.05) is 29.3 Å². The van der Waals surface area contributed by atoms with Crippen LogP contribution in [0.2, 0.25) is 10.0 Å². The summed E-state index contributed by atoms with van der Waals surface area (Å²) in [5, 5.41) is 14.4. The largest absolute Gasteiger partial charge is 0.481 e. The number of rotatable bonds is 8. The summed E-state index contributed by atoms with van der Waals surface area (Å²) in [6.45, 7) is 3.00. The summed E-state index contributed by atoms with van der Waals surface area (Å²) in [7, 11) is 0. The van der Waals surface area contributed by atoms with Crippen molar-refractivity contribution < 1.29 is 23.9 Å². The molecule has 3 saturated carbocycles. The Balaban J connectivity index is 1.37. The number of alkyl halides is 1. The summed E-state index contributed by atoms with van der Waals surface area (Å²) in [4.78, 5) is 40.0. The quantitative estimate of drug-likeness (QED) is 0.380. The highest BCUT2D eigenvalue weighted by molar-refractivity contribution is 6.40. The van der Waals surface area contributed by atoms with Gasteiger partial charge in [0.05, 0.1) is 51.9 Å². The molecule has 38 heavy (non-hydrogen) atoms. The van der Waals surface area contributed by atoms with E-state index in [1.807, 2.05) is 0 Å². The van der Waals surface area contributed by atoms with E-state index < -0.39 is 28.7 Å². The first-order valence-electron chi connectivity index (χ1n) is 13.1. The van der Waals surface area contributed by atoms with Gasteiger partial charge in [-0.15, -0.1) is 0 Å². The van der Waals surface area contributed by atoms with E-state index in [0.29, 0.717) is 49.8 Å². The summed E-state index contributed by atoms with van der Waals surface area (Å²) >= 11 is 12.5. The van der Waals surface area contributed by atoms with Crippen LogP contribution in [0.25, 0.3) is 0 Å². The van der Waals surface area contributed by atoms with Gasteiger partial charge in [-0.2, -0.15) is 5.10 Å². The molecule has 1 spiro atoms. The van der Waals surface area contributed by atoms with Crippen LogP contribution in [0, 0.1) is 17.8 Å². The molecule has 1 aromatic carbocycles. The molecule has 5 rings (SSSR count). The molecule has 0 atom stereocenters. The Morgan fingerprint density at radius 3 is 2.29 bits per heavy atom. The van der Waals surface area contributed by atoms with Gasteiger partial charge in [-0.05, 0) is 82.8 Å². The molecule has 10 heteroatoms. The summed E-state index contributed by atoms with van der Waals surface area (Å²) < 4.78 is 17.5. The Morgan fingerprint density at radius 2 is 1.74 bits per heavy atom. The van der Waals surface area contributed by atoms with Crippen LogP contribution in [0.3, 0.4) is 0 Å². The summed E-state index contributed by atoms with van der Waals surface area (Å²) in [6.07, 6.45) is 6.56. The smallest absolute Gasteiger partial charge is 0.309 e. The number of carboxylic acids is 1. The van der Waals surface area contributed by atoms with Gasteiger partial charge >= 0.3 is 5.97 Å². The van der Waals surface area contributed by atoms with Crippen molar-refractivity contribution in [3.05, 3.63) is 51.3 Å². The zero-order valence-electron chi connectivity index (χ0n) is 21.6. The normalized spacial score (nSPS) is 25.0. The van der Waals surface area contributed by atoms with Gasteiger partial charge in [0.15, 0.2) is 5.78 Å². The first kappa shape index (κ1) is 27.1. The van der Waals surface area contributed by atoms with Gasteiger partial charge in [0.1, 0.15) is 5.67 Å². The molecule has 1 amide bonds. The lowest BCUT2D eigenvalue weighted by Crippen LogP contribution is -2.52. The summed E-state index contributed by atoms with van der Waals surface area (Å²) in [5.41, 5.74) is -1.18. The average molecular weight is 564 g/mol. The standard InChI is InChI=1S/C28H32Cl2FN3O4/c1-17-19(12-32-34(17)18-6-8-26(2,9-7-18)25(37)38)24(36)33(16-28(31)14-27(15-28)10-11-27)13-22(35)23-20(29)4-3-5-21(23)30/h3-5,12,18H,6-11,13-16H2,1-2H3,(H,37,38)/t18-,26-. The van der Waals surface area contributed by atoms with E-state index in [4.69, 9.17) is 23.2 Å². The van der Waals surface area contributed by atoms with Crippen LogP contribution in [-0.4, -0.2) is 56.2 Å². The van der Waals surface area contributed by atoms with Crippen molar-refractivity contribution in [3.63, 3.8) is 0 Å². The number of Topliss-reactive ketones (excluding diaryl/α,β-unsaturated/α-hetero) is 1. The molecule has 1 heterocycles. The first-order chi connectivity index (χ1) is 17.9. The fraction of sp³-hybridized carbons (Fsp3) is 0.571. The zero-order chi connectivity index (χ0) is 27.5. The fourth-order valence-electron chi connectivity index (χ4n) is 6.36. The number of hydrogen-bond donors (Lipinski definition) is 1. The number of halogens is 3. The van der Waals surface area contributed by atoms with Gasteiger partial charge in [0.2, 0.25) is 0 Å². The predicted molar refractivity (Wildman–Crippen MR) is 142 cm³/mol. The van der Waals surface area contributed by atoms with Crippen molar-refractivity contribution in [1.29, 1.82) is 0 Å². The molecule has 1 aromatic heterocycles. The zero-order valence-corrected chi connectivity index (χ0v) is 23.1. The minimum Gasteiger partial charge on any atom is -0.481 e. The van der Waals surface area contributed by atoms with Gasteiger partial charge in [-0.25, -0.2) is 4.39 Å². The second-order valence-electron chi connectivity index (χ2n) is 11.9. The molecule has 1 N–H and O–H groups in total. The van der Waals surface area contributed by atoms with Crippen molar-refractivity contribution in [1.82, 2.24) is 14.7 Å². The van der Waals surface area contributed by atoms with Crippen LogP contribution >= 0.6 is 23.2 Å². The topological polar surface area (TPSA) is 92.5 Å². The molecule has 3 aliphatic rings. The highest BCUT2D eigenvalue weighted by Crippen LogP contribution is 2.66. The van der Waals surface area contributed by atoms with Crippen molar-refractivity contribution >= 4 is 40.9 Å². The molecule has 0 saturated heterocycles. The van der Waals surface area contributed by atoms with Gasteiger partial charge in [-0.3, -0.25) is 19.1 Å². The second-order valence-corrected chi connectivity index (χ2v) is 12.7. The monoisotopic (exact) mass is 563 g/mol. The Hall–Kier alpha value is -2.45. The number of nitrogens with zero attached hydrogens (tertiary/aromatic N) is 3. The van der Waals surface area contributed by atoms with Crippen molar-refractivity contribution in [2.75, 3.05) is 13.1 Å².